The van der Waals surface area contributed by atoms with Crippen molar-refractivity contribution in [3.8, 4) is 0 Å². The van der Waals surface area contributed by atoms with Gasteiger partial charge >= 0.3 is 5.97 Å². The summed E-state index contributed by atoms with van der Waals surface area (Å²) >= 11 is 6.27. The van der Waals surface area contributed by atoms with Crippen LogP contribution in [0.15, 0.2) is 18.2 Å². The number of carbonyl (C=O) groups excluding carboxylic acids is 3. The summed E-state index contributed by atoms with van der Waals surface area (Å²) in [5.41, 5.74) is 0.351. The fourth-order valence-corrected chi connectivity index (χ4v) is 5.71. The van der Waals surface area contributed by atoms with Crippen LogP contribution in [0.2, 0.25) is 5.02 Å². The Morgan fingerprint density at radius 1 is 1.24 bits per heavy atom. The summed E-state index contributed by atoms with van der Waals surface area (Å²) in [6.45, 7) is 4.44. The predicted octanol–water partition coefficient (Wildman–Crippen LogP) is 2.07. The number of piperidine rings is 1. The van der Waals surface area contributed by atoms with Crippen LogP contribution in [0.5, 0.6) is 0 Å². The summed E-state index contributed by atoms with van der Waals surface area (Å²) < 4.78 is 30.3. The zero-order chi connectivity index (χ0) is 21.3. The zero-order valence-electron chi connectivity index (χ0n) is 16.3. The van der Waals surface area contributed by atoms with Crippen LogP contribution in [0.3, 0.4) is 0 Å². The van der Waals surface area contributed by atoms with Crippen molar-refractivity contribution in [2.45, 2.75) is 26.7 Å². The Kier molecular flexibility index (Phi) is 6.19. The molecular weight excluding hydrogens is 420 g/mol. The number of sulfonamides is 1. The van der Waals surface area contributed by atoms with Crippen molar-refractivity contribution in [3.63, 3.8) is 0 Å². The van der Waals surface area contributed by atoms with Gasteiger partial charge in [0.15, 0.2) is 0 Å². The normalized spacial score (nSPS) is 22.0. The van der Waals surface area contributed by atoms with Crippen molar-refractivity contribution in [2.75, 3.05) is 29.8 Å². The molecule has 0 bridgehead atoms. The van der Waals surface area contributed by atoms with Gasteiger partial charge in [-0.3, -0.25) is 14.4 Å². The van der Waals surface area contributed by atoms with Crippen molar-refractivity contribution < 1.29 is 27.5 Å². The monoisotopic (exact) mass is 442 g/mol. The number of amides is 2. The largest absolute Gasteiger partial charge is 0.466 e. The molecule has 2 amide bonds. The Bertz CT molecular complexity index is 940. The van der Waals surface area contributed by atoms with Gasteiger partial charge in [-0.25, -0.2) is 12.7 Å². The van der Waals surface area contributed by atoms with E-state index in [2.05, 4.69) is 0 Å². The molecule has 0 saturated carbocycles. The minimum absolute atomic E-state index is 0.0718. The van der Waals surface area contributed by atoms with Crippen LogP contribution in [-0.4, -0.2) is 56.6 Å². The quantitative estimate of drug-likeness (QED) is 0.661. The van der Waals surface area contributed by atoms with Crippen LogP contribution in [0, 0.1) is 11.8 Å². The first-order valence-electron chi connectivity index (χ1n) is 9.48. The van der Waals surface area contributed by atoms with E-state index in [-0.39, 0.29) is 39.8 Å². The summed E-state index contributed by atoms with van der Waals surface area (Å²) in [6, 6.07) is 4.18. The third-order valence-corrected chi connectivity index (χ3v) is 7.36. The molecule has 8 nitrogen and oxygen atoms in total. The fourth-order valence-electron chi connectivity index (χ4n) is 3.64. The molecule has 0 unspecified atom stereocenters. The van der Waals surface area contributed by atoms with Gasteiger partial charge in [0, 0.05) is 13.1 Å². The van der Waals surface area contributed by atoms with E-state index >= 15 is 0 Å². The maximum Gasteiger partial charge on any atom is 0.309 e. The molecule has 0 aliphatic carbocycles. The molecule has 0 radical (unpaired) electrons. The number of ether oxygens (including phenoxy) is 1. The number of nitrogens with zero attached hydrogens (tertiary/aromatic N) is 2. The molecule has 2 aliphatic rings. The lowest BCUT2D eigenvalue weighted by Gasteiger charge is -2.31. The molecule has 1 aromatic carbocycles. The molecule has 1 atom stereocenters. The number of rotatable bonds is 4. The number of esters is 1. The summed E-state index contributed by atoms with van der Waals surface area (Å²) in [5, 5.41) is 0.0718. The van der Waals surface area contributed by atoms with E-state index in [9.17, 15) is 22.8 Å². The van der Waals surface area contributed by atoms with Crippen molar-refractivity contribution in [3.05, 3.63) is 28.8 Å². The average Bonchev–Trinajstić information content (AvgIpc) is 2.88. The molecule has 1 aromatic rings. The van der Waals surface area contributed by atoms with Crippen LogP contribution in [-0.2, 0) is 24.3 Å². The van der Waals surface area contributed by atoms with Gasteiger partial charge < -0.3 is 9.64 Å². The number of anilines is 1. The smallest absolute Gasteiger partial charge is 0.309 e. The fraction of sp³-hybridized carbons (Fsp3) is 0.526. The first-order valence-corrected chi connectivity index (χ1v) is 11.5. The molecule has 2 saturated heterocycles. The van der Waals surface area contributed by atoms with Gasteiger partial charge in [0.05, 0.1) is 40.5 Å². The van der Waals surface area contributed by atoms with E-state index in [0.29, 0.717) is 32.5 Å². The van der Waals surface area contributed by atoms with Gasteiger partial charge in [0.2, 0.25) is 15.9 Å². The SMILES string of the molecule is CCOC(=O)C1CCN(C(=O)c2ccc(N3C(=O)[C@@H](C)CS3(=O)=O)cc2Cl)CC1. The Balaban J connectivity index is 1.74. The molecule has 158 valence electrons. The van der Waals surface area contributed by atoms with E-state index in [1.54, 1.807) is 18.7 Å². The molecule has 0 aromatic heterocycles. The molecule has 0 N–H and O–H groups in total. The van der Waals surface area contributed by atoms with Crippen LogP contribution < -0.4 is 4.31 Å². The summed E-state index contributed by atoms with van der Waals surface area (Å²) in [6.07, 6.45) is 1.03. The van der Waals surface area contributed by atoms with Crippen LogP contribution in [0.4, 0.5) is 5.69 Å². The van der Waals surface area contributed by atoms with Gasteiger partial charge in [-0.05, 0) is 38.0 Å². The van der Waals surface area contributed by atoms with Gasteiger partial charge in [-0.15, -0.1) is 0 Å². The van der Waals surface area contributed by atoms with Crippen molar-refractivity contribution in [1.29, 1.82) is 0 Å². The van der Waals surface area contributed by atoms with E-state index in [1.165, 1.54) is 18.2 Å². The highest BCUT2D eigenvalue weighted by atomic mass is 35.5. The van der Waals surface area contributed by atoms with E-state index in [1.807, 2.05) is 0 Å². The molecule has 3 rings (SSSR count). The first kappa shape index (κ1) is 21.6. The highest BCUT2D eigenvalue weighted by Gasteiger charge is 2.42. The third kappa shape index (κ3) is 4.25. The van der Waals surface area contributed by atoms with E-state index < -0.39 is 21.8 Å². The van der Waals surface area contributed by atoms with Crippen molar-refractivity contribution in [1.82, 2.24) is 4.90 Å². The second-order valence-electron chi connectivity index (χ2n) is 7.26. The maximum absolute atomic E-state index is 12.8. The van der Waals surface area contributed by atoms with Gasteiger partial charge in [0.1, 0.15) is 0 Å². The summed E-state index contributed by atoms with van der Waals surface area (Å²) in [5.74, 6) is -2.15. The van der Waals surface area contributed by atoms with Gasteiger partial charge in [0.25, 0.3) is 5.91 Å². The van der Waals surface area contributed by atoms with Crippen molar-refractivity contribution in [2.24, 2.45) is 11.8 Å². The molecule has 2 aliphatic heterocycles. The van der Waals surface area contributed by atoms with Gasteiger partial charge in [-0.1, -0.05) is 18.5 Å². The maximum atomic E-state index is 12.8. The second kappa shape index (κ2) is 8.31. The Labute approximate surface area is 174 Å². The van der Waals surface area contributed by atoms with Crippen LogP contribution >= 0.6 is 11.6 Å². The second-order valence-corrected chi connectivity index (χ2v) is 9.53. The summed E-state index contributed by atoms with van der Waals surface area (Å²) in [4.78, 5) is 38.5. The number of likely N-dealkylation sites (tertiary alicyclic amines) is 1. The first-order chi connectivity index (χ1) is 13.7. The number of benzene rings is 1. The Morgan fingerprint density at radius 3 is 2.41 bits per heavy atom. The molecule has 29 heavy (non-hydrogen) atoms. The van der Waals surface area contributed by atoms with Crippen molar-refractivity contribution >= 4 is 45.1 Å². The minimum atomic E-state index is -3.74. The standard InChI is InChI=1S/C19H23ClN2O6S/c1-3-28-19(25)13-6-8-21(9-7-13)18(24)15-5-4-14(10-16(15)20)22-17(23)12(2)11-29(22,26)27/h4-5,10,12-13H,3,6-9,11H2,1-2H3/t12-/m0/s1. The predicted molar refractivity (Wildman–Crippen MR) is 107 cm³/mol. The number of hydrogen-bond acceptors (Lipinski definition) is 6. The van der Waals surface area contributed by atoms with Crippen LogP contribution in [0.25, 0.3) is 0 Å². The van der Waals surface area contributed by atoms with Crippen LogP contribution in [0.1, 0.15) is 37.0 Å². The molecule has 0 spiro atoms. The third-order valence-electron chi connectivity index (χ3n) is 5.18. The topological polar surface area (TPSA) is 101 Å². The highest BCUT2D eigenvalue weighted by molar-refractivity contribution is 7.94. The Morgan fingerprint density at radius 2 is 1.90 bits per heavy atom. The number of hydrogen-bond donors (Lipinski definition) is 0. The van der Waals surface area contributed by atoms with E-state index in [0.717, 1.165) is 4.31 Å². The summed E-state index contributed by atoms with van der Waals surface area (Å²) in [7, 11) is -3.74. The zero-order valence-corrected chi connectivity index (χ0v) is 17.8. The highest BCUT2D eigenvalue weighted by Crippen LogP contribution is 2.32. The van der Waals surface area contributed by atoms with Gasteiger partial charge in [-0.2, -0.15) is 0 Å². The number of carbonyl (C=O) groups is 3. The lowest BCUT2D eigenvalue weighted by Crippen LogP contribution is -2.40. The minimum Gasteiger partial charge on any atom is -0.466 e. The number of halogens is 1. The molecule has 10 heteroatoms. The molecule has 2 fully saturated rings. The van der Waals surface area contributed by atoms with E-state index in [4.69, 9.17) is 16.3 Å². The lowest BCUT2D eigenvalue weighted by molar-refractivity contribution is -0.149. The lowest BCUT2D eigenvalue weighted by atomic mass is 9.96. The Hall–Kier alpha value is -2.13. The average molecular weight is 443 g/mol. The molecular formula is C19H23ClN2O6S. The molecule has 2 heterocycles.